The maximum Gasteiger partial charge on any atom is 0.243 e. The molecule has 3 aromatic carbocycles. The van der Waals surface area contributed by atoms with E-state index in [1.807, 2.05) is 84.3 Å². The van der Waals surface area contributed by atoms with E-state index in [0.717, 1.165) is 27.6 Å². The predicted molar refractivity (Wildman–Crippen MR) is 115 cm³/mol. The first-order chi connectivity index (χ1) is 13.8. The number of aliphatic imine (C=N–C) groups is 1. The maximum atomic E-state index is 13.8. The molecular formula is C24H18N2OS. The summed E-state index contributed by atoms with van der Waals surface area (Å²) in [5.74, 6) is -0.275. The third-order valence-corrected chi connectivity index (χ3v) is 5.97. The fourth-order valence-electron chi connectivity index (χ4n) is 3.79. The first-order valence-corrected chi connectivity index (χ1v) is 10.1. The molecule has 0 unspecified atom stereocenters. The van der Waals surface area contributed by atoms with Crippen molar-refractivity contribution in [1.29, 1.82) is 0 Å². The molecule has 2 aliphatic heterocycles. The van der Waals surface area contributed by atoms with E-state index < -0.39 is 0 Å². The first-order valence-electron chi connectivity index (χ1n) is 9.27. The minimum absolute atomic E-state index is 0.0742. The molecule has 0 spiro atoms. The summed E-state index contributed by atoms with van der Waals surface area (Å²) >= 11 is 1.52. The number of fused-ring (bicyclic) bond motifs is 1. The van der Waals surface area contributed by atoms with Crippen LogP contribution in [-0.4, -0.2) is 16.0 Å². The summed E-state index contributed by atoms with van der Waals surface area (Å²) in [7, 11) is 0. The van der Waals surface area contributed by atoms with E-state index in [1.165, 1.54) is 11.8 Å². The van der Waals surface area contributed by atoms with Gasteiger partial charge in [0.1, 0.15) is 0 Å². The molecule has 0 saturated carbocycles. The molecule has 0 saturated heterocycles. The Morgan fingerprint density at radius 2 is 1.32 bits per heavy atom. The number of carbonyl (C=O) groups is 1. The Balaban J connectivity index is 1.63. The molecular weight excluding hydrogens is 364 g/mol. The first kappa shape index (κ1) is 17.0. The van der Waals surface area contributed by atoms with Gasteiger partial charge >= 0.3 is 0 Å². The van der Waals surface area contributed by atoms with Crippen molar-refractivity contribution in [2.45, 2.75) is 12.0 Å². The van der Waals surface area contributed by atoms with Gasteiger partial charge in [-0.05, 0) is 16.7 Å². The second-order valence-electron chi connectivity index (χ2n) is 6.82. The van der Waals surface area contributed by atoms with Gasteiger partial charge in [0.25, 0.3) is 0 Å². The third kappa shape index (κ3) is 2.86. The van der Waals surface area contributed by atoms with Crippen molar-refractivity contribution < 1.29 is 4.79 Å². The van der Waals surface area contributed by atoms with Crippen LogP contribution in [0.2, 0.25) is 0 Å². The molecule has 3 nitrogen and oxygen atoms in total. The molecule has 5 rings (SSSR count). The van der Waals surface area contributed by atoms with Crippen molar-refractivity contribution in [3.8, 4) is 0 Å². The lowest BCUT2D eigenvalue weighted by molar-refractivity contribution is -0.127. The maximum absolute atomic E-state index is 13.8. The van der Waals surface area contributed by atoms with E-state index in [4.69, 9.17) is 4.99 Å². The van der Waals surface area contributed by atoms with Crippen LogP contribution in [0.5, 0.6) is 0 Å². The van der Waals surface area contributed by atoms with Gasteiger partial charge in [0.15, 0.2) is 5.17 Å². The smallest absolute Gasteiger partial charge is 0.243 e. The molecule has 2 aliphatic rings. The van der Waals surface area contributed by atoms with Crippen LogP contribution < -0.4 is 0 Å². The fraction of sp³-hybridized carbons (Fsp3) is 0.0833. The van der Waals surface area contributed by atoms with Crippen LogP contribution in [0.15, 0.2) is 101 Å². The molecule has 136 valence electrons. The van der Waals surface area contributed by atoms with Gasteiger partial charge in [-0.2, -0.15) is 0 Å². The van der Waals surface area contributed by atoms with Crippen LogP contribution in [0.25, 0.3) is 5.70 Å². The summed E-state index contributed by atoms with van der Waals surface area (Å²) < 4.78 is 0. The number of carbonyl (C=O) groups excluding carboxylic acids is 1. The van der Waals surface area contributed by atoms with E-state index in [1.54, 1.807) is 4.90 Å². The van der Waals surface area contributed by atoms with Crippen LogP contribution in [0, 0.1) is 0 Å². The van der Waals surface area contributed by atoms with Crippen molar-refractivity contribution in [2.75, 3.05) is 0 Å². The Kier molecular flexibility index (Phi) is 4.34. The largest absolute Gasteiger partial charge is 0.273 e. The van der Waals surface area contributed by atoms with Crippen molar-refractivity contribution in [1.82, 2.24) is 4.90 Å². The highest BCUT2D eigenvalue weighted by atomic mass is 32.2. The molecule has 3 aromatic rings. The molecule has 0 fully saturated rings. The predicted octanol–water partition coefficient (Wildman–Crippen LogP) is 5.46. The topological polar surface area (TPSA) is 32.7 Å². The van der Waals surface area contributed by atoms with E-state index in [0.29, 0.717) is 0 Å². The average Bonchev–Trinajstić information content (AvgIpc) is 3.20. The summed E-state index contributed by atoms with van der Waals surface area (Å²) in [5.41, 5.74) is 3.99. The summed E-state index contributed by atoms with van der Waals surface area (Å²) in [6.07, 6.45) is 0. The molecule has 2 atom stereocenters. The summed E-state index contributed by atoms with van der Waals surface area (Å²) in [6, 6.07) is 29.9. The summed E-state index contributed by atoms with van der Waals surface area (Å²) in [4.78, 5) is 20.6. The van der Waals surface area contributed by atoms with Crippen LogP contribution in [0.4, 0.5) is 0 Å². The van der Waals surface area contributed by atoms with E-state index in [-0.39, 0.29) is 17.9 Å². The molecule has 0 N–H and O–H groups in total. The highest BCUT2D eigenvalue weighted by Crippen LogP contribution is 2.46. The number of benzene rings is 3. The van der Waals surface area contributed by atoms with Gasteiger partial charge in [-0.1, -0.05) is 103 Å². The highest BCUT2D eigenvalue weighted by molar-refractivity contribution is 8.16. The molecule has 0 aromatic heterocycles. The zero-order valence-corrected chi connectivity index (χ0v) is 15.9. The summed E-state index contributed by atoms with van der Waals surface area (Å²) in [5, 5.41) is 2.78. The standard InChI is InChI=1S/C24H18N2OS/c27-23-21(18-12-6-2-7-13-18)22(19-14-8-3-9-15-19)25-24-26(23)20(16-28-24)17-10-4-1-5-11-17/h1-16,21-22H/t21-,22+/m1/s1. The molecule has 28 heavy (non-hydrogen) atoms. The summed E-state index contributed by atoms with van der Waals surface area (Å²) in [6.45, 7) is 0. The number of rotatable bonds is 3. The molecule has 0 aliphatic carbocycles. The van der Waals surface area contributed by atoms with E-state index in [9.17, 15) is 4.79 Å². The van der Waals surface area contributed by atoms with Gasteiger partial charge in [0.2, 0.25) is 5.91 Å². The van der Waals surface area contributed by atoms with Crippen molar-refractivity contribution >= 4 is 28.5 Å². The SMILES string of the molecule is O=C1[C@H](c2ccccc2)[C@H](c2ccccc2)N=C2SC=C(c3ccccc3)N12. The second-order valence-corrected chi connectivity index (χ2v) is 7.65. The number of nitrogens with zero attached hydrogens (tertiary/aromatic N) is 2. The molecule has 2 heterocycles. The lowest BCUT2D eigenvalue weighted by atomic mass is 9.85. The molecule has 4 heteroatoms. The zero-order chi connectivity index (χ0) is 18.9. The van der Waals surface area contributed by atoms with Crippen LogP contribution in [0.3, 0.4) is 0 Å². The Hall–Kier alpha value is -3.11. The van der Waals surface area contributed by atoms with Gasteiger partial charge in [-0.25, -0.2) is 0 Å². The van der Waals surface area contributed by atoms with Crippen LogP contribution in [-0.2, 0) is 4.79 Å². The lowest BCUT2D eigenvalue weighted by Gasteiger charge is -2.34. The molecule has 0 bridgehead atoms. The molecule has 1 amide bonds. The van der Waals surface area contributed by atoms with E-state index >= 15 is 0 Å². The third-order valence-electron chi connectivity index (χ3n) is 5.13. The number of amidine groups is 1. The van der Waals surface area contributed by atoms with Gasteiger partial charge < -0.3 is 0 Å². The number of amides is 1. The number of thioether (sulfide) groups is 1. The molecule has 0 radical (unpaired) electrons. The van der Waals surface area contributed by atoms with Gasteiger partial charge in [-0.3, -0.25) is 14.7 Å². The Bertz CT molecular complexity index is 1060. The van der Waals surface area contributed by atoms with Crippen molar-refractivity contribution in [3.63, 3.8) is 0 Å². The minimum atomic E-state index is -0.349. The lowest BCUT2D eigenvalue weighted by Crippen LogP contribution is -2.41. The zero-order valence-electron chi connectivity index (χ0n) is 15.1. The monoisotopic (exact) mass is 382 g/mol. The van der Waals surface area contributed by atoms with Gasteiger partial charge in [0, 0.05) is 5.41 Å². The van der Waals surface area contributed by atoms with Gasteiger partial charge in [-0.15, -0.1) is 0 Å². The highest BCUT2D eigenvalue weighted by Gasteiger charge is 2.43. The quantitative estimate of drug-likeness (QED) is 0.603. The average molecular weight is 382 g/mol. The number of hydrogen-bond donors (Lipinski definition) is 0. The van der Waals surface area contributed by atoms with E-state index in [2.05, 4.69) is 12.1 Å². The Labute approximate surface area is 168 Å². The normalized spacial score (nSPS) is 21.1. The van der Waals surface area contributed by atoms with Crippen molar-refractivity contribution in [3.05, 3.63) is 113 Å². The second kappa shape index (κ2) is 7.13. The van der Waals surface area contributed by atoms with Crippen molar-refractivity contribution in [2.24, 2.45) is 4.99 Å². The number of hydrogen-bond acceptors (Lipinski definition) is 3. The van der Waals surface area contributed by atoms with Gasteiger partial charge in [0.05, 0.1) is 17.7 Å². The van der Waals surface area contributed by atoms with Crippen LogP contribution >= 0.6 is 11.8 Å². The Morgan fingerprint density at radius 1 is 0.750 bits per heavy atom. The van der Waals surface area contributed by atoms with Crippen LogP contribution in [0.1, 0.15) is 28.7 Å². The Morgan fingerprint density at radius 3 is 1.96 bits per heavy atom. The fourth-order valence-corrected chi connectivity index (χ4v) is 4.72. The minimum Gasteiger partial charge on any atom is -0.273 e.